The van der Waals surface area contributed by atoms with Crippen molar-refractivity contribution in [3.63, 3.8) is 0 Å². The van der Waals surface area contributed by atoms with Gasteiger partial charge in [0.2, 0.25) is 5.82 Å². The second-order valence-electron chi connectivity index (χ2n) is 8.35. The molecule has 188 valence electrons. The van der Waals surface area contributed by atoms with Gasteiger partial charge >= 0.3 is 6.03 Å². The van der Waals surface area contributed by atoms with E-state index in [4.69, 9.17) is 23.7 Å². The fourth-order valence-electron chi connectivity index (χ4n) is 4.34. The zero-order chi connectivity index (χ0) is 25.9. The number of nitrogens with one attached hydrogen (secondary N) is 1. The number of carbonyl (C=O) groups is 1. The van der Waals surface area contributed by atoms with Crippen LogP contribution in [0.1, 0.15) is 24.4 Å². The Morgan fingerprint density at radius 2 is 1.51 bits per heavy atom. The number of carbonyl (C=O) groups excluding carboxylic acids is 1. The van der Waals surface area contributed by atoms with Gasteiger partial charge in [0.25, 0.3) is 5.89 Å². The number of rotatable bonds is 7. The van der Waals surface area contributed by atoms with Gasteiger partial charge in [-0.2, -0.15) is 4.98 Å². The zero-order valence-corrected chi connectivity index (χ0v) is 20.9. The van der Waals surface area contributed by atoms with E-state index in [-0.39, 0.29) is 6.03 Å². The Balaban J connectivity index is 1.66. The van der Waals surface area contributed by atoms with Gasteiger partial charge in [-0.1, -0.05) is 47.6 Å². The summed E-state index contributed by atoms with van der Waals surface area (Å²) in [6.07, 6.45) is 0. The van der Waals surface area contributed by atoms with Crippen LogP contribution in [-0.2, 0) is 0 Å². The number of amides is 2. The van der Waals surface area contributed by atoms with E-state index >= 15 is 0 Å². The molecule has 0 spiro atoms. The van der Waals surface area contributed by atoms with Crippen molar-refractivity contribution in [1.82, 2.24) is 15.5 Å². The van der Waals surface area contributed by atoms with Gasteiger partial charge in [0.15, 0.2) is 0 Å². The van der Waals surface area contributed by atoms with Crippen molar-refractivity contribution in [3.8, 4) is 28.6 Å². The molecule has 1 aliphatic heterocycles. The molecule has 0 bridgehead atoms. The van der Waals surface area contributed by atoms with Crippen LogP contribution >= 0.6 is 0 Å². The Morgan fingerprint density at radius 3 is 2.14 bits per heavy atom. The third-order valence-electron chi connectivity index (χ3n) is 6.22. The van der Waals surface area contributed by atoms with Gasteiger partial charge in [-0.15, -0.1) is 0 Å². The highest BCUT2D eigenvalue weighted by Gasteiger charge is 2.37. The maximum Gasteiger partial charge on any atom is 0.327 e. The molecule has 0 aliphatic carbocycles. The van der Waals surface area contributed by atoms with E-state index in [1.54, 1.807) is 44.4 Å². The van der Waals surface area contributed by atoms with E-state index in [0.29, 0.717) is 45.9 Å². The van der Waals surface area contributed by atoms with Crippen molar-refractivity contribution < 1.29 is 23.5 Å². The molecule has 0 saturated carbocycles. The van der Waals surface area contributed by atoms with Gasteiger partial charge in [0.05, 0.1) is 38.6 Å². The highest BCUT2D eigenvalue weighted by molar-refractivity contribution is 6.01. The molecule has 3 aromatic carbocycles. The van der Waals surface area contributed by atoms with E-state index in [9.17, 15) is 4.79 Å². The largest absolute Gasteiger partial charge is 0.497 e. The molecule has 4 aromatic rings. The summed E-state index contributed by atoms with van der Waals surface area (Å²) >= 11 is 0. The molecule has 0 radical (unpaired) electrons. The minimum Gasteiger partial charge on any atom is -0.497 e. The van der Waals surface area contributed by atoms with E-state index in [0.717, 1.165) is 11.1 Å². The number of allylic oxidation sites excluding steroid dienone is 1. The van der Waals surface area contributed by atoms with Gasteiger partial charge in [-0.05, 0) is 24.6 Å². The second-order valence-corrected chi connectivity index (χ2v) is 8.35. The van der Waals surface area contributed by atoms with Crippen molar-refractivity contribution >= 4 is 17.3 Å². The lowest BCUT2D eigenvalue weighted by molar-refractivity contribution is 0.244. The predicted molar refractivity (Wildman–Crippen MR) is 139 cm³/mol. The van der Waals surface area contributed by atoms with Crippen LogP contribution in [0, 0.1) is 0 Å². The lowest BCUT2D eigenvalue weighted by Gasteiger charge is -2.35. The molecule has 1 aliphatic rings. The third kappa shape index (κ3) is 4.58. The van der Waals surface area contributed by atoms with E-state index in [1.165, 1.54) is 0 Å². The standard InChI is InChI=1S/C28H26N4O5/c1-17-24(27-30-26(31-37-27)19-8-6-5-7-9-19)25(18-10-12-21(34-2)13-11-18)29-28(33)32(17)20-14-22(35-3)16-23(15-20)36-4/h5-16,25H,1-4H3,(H,29,33). The zero-order valence-electron chi connectivity index (χ0n) is 20.9. The molecule has 9 heteroatoms. The fraction of sp³-hybridized carbons (Fsp3) is 0.179. The van der Waals surface area contributed by atoms with Gasteiger partial charge in [0, 0.05) is 29.5 Å². The van der Waals surface area contributed by atoms with Crippen LogP contribution in [0.5, 0.6) is 17.2 Å². The molecular weight excluding hydrogens is 472 g/mol. The molecule has 0 saturated heterocycles. The number of anilines is 1. The van der Waals surface area contributed by atoms with Gasteiger partial charge < -0.3 is 24.1 Å². The minimum atomic E-state index is -0.536. The monoisotopic (exact) mass is 498 g/mol. The molecule has 37 heavy (non-hydrogen) atoms. The summed E-state index contributed by atoms with van der Waals surface area (Å²) in [6, 6.07) is 21.5. The molecule has 9 nitrogen and oxygen atoms in total. The number of urea groups is 1. The number of benzene rings is 3. The van der Waals surface area contributed by atoms with Crippen molar-refractivity contribution in [3.05, 3.63) is 89.9 Å². The quantitative estimate of drug-likeness (QED) is 0.361. The van der Waals surface area contributed by atoms with E-state index < -0.39 is 6.04 Å². The molecule has 1 atom stereocenters. The van der Waals surface area contributed by atoms with Crippen LogP contribution in [-0.4, -0.2) is 37.5 Å². The number of ether oxygens (including phenoxy) is 3. The van der Waals surface area contributed by atoms with Crippen LogP contribution < -0.4 is 24.4 Å². The van der Waals surface area contributed by atoms with E-state index in [1.807, 2.05) is 61.5 Å². The van der Waals surface area contributed by atoms with Crippen LogP contribution in [0.15, 0.2) is 83.0 Å². The second kappa shape index (κ2) is 10.1. The van der Waals surface area contributed by atoms with Gasteiger partial charge in [-0.25, -0.2) is 4.79 Å². The Morgan fingerprint density at radius 1 is 0.865 bits per heavy atom. The number of nitrogens with zero attached hydrogens (tertiary/aromatic N) is 3. The van der Waals surface area contributed by atoms with Gasteiger partial charge in [-0.3, -0.25) is 4.90 Å². The first-order valence-corrected chi connectivity index (χ1v) is 11.6. The summed E-state index contributed by atoms with van der Waals surface area (Å²) in [4.78, 5) is 19.8. The molecule has 5 rings (SSSR count). The summed E-state index contributed by atoms with van der Waals surface area (Å²) in [6.45, 7) is 1.85. The molecule has 2 amide bonds. The highest BCUT2D eigenvalue weighted by Crippen LogP contribution is 2.41. The van der Waals surface area contributed by atoms with Crippen molar-refractivity contribution in [2.24, 2.45) is 0 Å². The van der Waals surface area contributed by atoms with Crippen molar-refractivity contribution in [1.29, 1.82) is 0 Å². The average molecular weight is 499 g/mol. The maximum atomic E-state index is 13.5. The fourth-order valence-corrected chi connectivity index (χ4v) is 4.34. The Hall–Kier alpha value is -4.79. The van der Waals surface area contributed by atoms with Crippen LogP contribution in [0.3, 0.4) is 0 Å². The third-order valence-corrected chi connectivity index (χ3v) is 6.22. The van der Waals surface area contributed by atoms with Crippen LogP contribution in [0.4, 0.5) is 10.5 Å². The number of hydrogen-bond acceptors (Lipinski definition) is 7. The summed E-state index contributed by atoms with van der Waals surface area (Å²) in [5, 5.41) is 7.31. The first-order chi connectivity index (χ1) is 18.0. The number of hydrogen-bond donors (Lipinski definition) is 1. The smallest absolute Gasteiger partial charge is 0.327 e. The number of methoxy groups -OCH3 is 3. The predicted octanol–water partition coefficient (Wildman–Crippen LogP) is 5.46. The van der Waals surface area contributed by atoms with Crippen LogP contribution in [0.25, 0.3) is 17.0 Å². The summed E-state index contributed by atoms with van der Waals surface area (Å²) in [5.41, 5.74) is 3.53. The van der Waals surface area contributed by atoms with Crippen LogP contribution in [0.2, 0.25) is 0 Å². The summed E-state index contributed by atoms with van der Waals surface area (Å²) < 4.78 is 21.9. The molecule has 1 N–H and O–H groups in total. The molecular formula is C28H26N4O5. The minimum absolute atomic E-state index is 0.303. The Bertz CT molecular complexity index is 1420. The normalized spacial score (nSPS) is 15.4. The Labute approximate surface area is 214 Å². The van der Waals surface area contributed by atoms with Gasteiger partial charge in [0.1, 0.15) is 17.2 Å². The topological polar surface area (TPSA) is 99.0 Å². The molecule has 1 unspecified atom stereocenters. The summed E-state index contributed by atoms with van der Waals surface area (Å²) in [7, 11) is 4.73. The Kier molecular flexibility index (Phi) is 6.51. The highest BCUT2D eigenvalue weighted by atomic mass is 16.5. The average Bonchev–Trinajstić information content (AvgIpc) is 3.43. The van der Waals surface area contributed by atoms with Crippen molar-refractivity contribution in [2.45, 2.75) is 13.0 Å². The maximum absolute atomic E-state index is 13.5. The SMILES string of the molecule is COc1ccc(C2NC(=O)N(c3cc(OC)cc(OC)c3)C(C)=C2c2nc(-c3ccccc3)no2)cc1. The van der Waals surface area contributed by atoms with E-state index in [2.05, 4.69) is 10.5 Å². The first kappa shape index (κ1) is 23.9. The first-order valence-electron chi connectivity index (χ1n) is 11.6. The molecule has 1 aromatic heterocycles. The lowest BCUT2D eigenvalue weighted by atomic mass is 9.94. The molecule has 0 fully saturated rings. The molecule has 2 heterocycles. The summed E-state index contributed by atoms with van der Waals surface area (Å²) in [5.74, 6) is 2.58. The lowest BCUT2D eigenvalue weighted by Crippen LogP contribution is -2.46. The number of aromatic nitrogens is 2. The van der Waals surface area contributed by atoms with Crippen molar-refractivity contribution in [2.75, 3.05) is 26.2 Å².